The van der Waals surface area contributed by atoms with Crippen molar-refractivity contribution in [2.24, 2.45) is 0 Å². The lowest BCUT2D eigenvalue weighted by atomic mass is 9.93. The van der Waals surface area contributed by atoms with Crippen molar-refractivity contribution >= 4 is 17.1 Å². The Bertz CT molecular complexity index is 619. The summed E-state index contributed by atoms with van der Waals surface area (Å²) in [4.78, 5) is 19.5. The number of aromatic nitrogens is 2. The maximum absolute atomic E-state index is 11.6. The minimum Gasteiger partial charge on any atom is -0.342 e. The van der Waals surface area contributed by atoms with E-state index in [0.29, 0.717) is 19.0 Å². The van der Waals surface area contributed by atoms with Crippen LogP contribution in [0.2, 0.25) is 0 Å². The largest absolute Gasteiger partial charge is 0.342 e. The van der Waals surface area contributed by atoms with E-state index >= 15 is 0 Å². The predicted octanol–water partition coefficient (Wildman–Crippen LogP) is 2.57. The number of urea groups is 1. The van der Waals surface area contributed by atoms with Gasteiger partial charge in [0.15, 0.2) is 0 Å². The summed E-state index contributed by atoms with van der Waals surface area (Å²) in [6, 6.07) is 4.53. The molecule has 112 valence electrons. The van der Waals surface area contributed by atoms with Gasteiger partial charge in [0, 0.05) is 19.0 Å². The number of rotatable bonds is 4. The molecule has 0 bridgehead atoms. The summed E-state index contributed by atoms with van der Waals surface area (Å²) >= 11 is 0. The van der Waals surface area contributed by atoms with Gasteiger partial charge < -0.3 is 15.6 Å². The lowest BCUT2D eigenvalue weighted by Crippen LogP contribution is -2.45. The molecule has 1 saturated carbocycles. The minimum atomic E-state index is -0.0671. The standard InChI is InChI=1S/C16H22N4O/c1-10-8-13-14(9-11(10)2)20-15(19-13)6-7-17-16(21)18-12-4-3-5-12/h8-9,12H,3-7H2,1-2H3,(H,19,20)(H2,17,18,21). The number of carbonyl (C=O) groups excluding carboxylic acids is 1. The van der Waals surface area contributed by atoms with Gasteiger partial charge in [0.25, 0.3) is 0 Å². The van der Waals surface area contributed by atoms with Gasteiger partial charge in [-0.3, -0.25) is 0 Å². The summed E-state index contributed by atoms with van der Waals surface area (Å²) in [5, 5.41) is 5.85. The zero-order valence-electron chi connectivity index (χ0n) is 12.6. The van der Waals surface area contributed by atoms with E-state index in [1.54, 1.807) is 0 Å². The fourth-order valence-electron chi connectivity index (χ4n) is 2.52. The van der Waals surface area contributed by atoms with Crippen LogP contribution in [0.15, 0.2) is 12.1 Å². The van der Waals surface area contributed by atoms with Crippen LogP contribution >= 0.6 is 0 Å². The van der Waals surface area contributed by atoms with Gasteiger partial charge >= 0.3 is 6.03 Å². The van der Waals surface area contributed by atoms with Gasteiger partial charge in [0.2, 0.25) is 0 Å². The molecule has 0 aliphatic heterocycles. The van der Waals surface area contributed by atoms with E-state index in [0.717, 1.165) is 29.7 Å². The van der Waals surface area contributed by atoms with Gasteiger partial charge in [0.05, 0.1) is 11.0 Å². The molecular formula is C16H22N4O. The first-order chi connectivity index (χ1) is 10.1. The van der Waals surface area contributed by atoms with Gasteiger partial charge in [-0.25, -0.2) is 9.78 Å². The molecule has 5 heteroatoms. The Morgan fingerprint density at radius 1 is 1.33 bits per heavy atom. The maximum atomic E-state index is 11.6. The second kappa shape index (κ2) is 5.76. The smallest absolute Gasteiger partial charge is 0.315 e. The minimum absolute atomic E-state index is 0.0671. The number of imidazole rings is 1. The van der Waals surface area contributed by atoms with Crippen LogP contribution in [0.3, 0.4) is 0 Å². The third-order valence-corrected chi connectivity index (χ3v) is 4.23. The van der Waals surface area contributed by atoms with Gasteiger partial charge in [0.1, 0.15) is 5.82 Å². The Morgan fingerprint density at radius 3 is 2.81 bits per heavy atom. The molecule has 2 aromatic rings. The molecule has 1 aliphatic carbocycles. The molecule has 5 nitrogen and oxygen atoms in total. The molecule has 0 atom stereocenters. The normalized spacial score (nSPS) is 15.0. The first-order valence-electron chi connectivity index (χ1n) is 7.62. The number of amides is 2. The molecule has 21 heavy (non-hydrogen) atoms. The molecule has 2 amide bonds. The van der Waals surface area contributed by atoms with Crippen molar-refractivity contribution in [2.75, 3.05) is 6.54 Å². The molecular weight excluding hydrogens is 264 g/mol. The van der Waals surface area contributed by atoms with Gasteiger partial charge in [-0.2, -0.15) is 0 Å². The van der Waals surface area contributed by atoms with Crippen LogP contribution in [0.1, 0.15) is 36.2 Å². The number of carbonyl (C=O) groups is 1. The molecule has 0 radical (unpaired) electrons. The number of hydrogen-bond donors (Lipinski definition) is 3. The van der Waals surface area contributed by atoms with Crippen molar-refractivity contribution in [1.29, 1.82) is 0 Å². The number of fused-ring (bicyclic) bond motifs is 1. The van der Waals surface area contributed by atoms with Crippen molar-refractivity contribution in [1.82, 2.24) is 20.6 Å². The third kappa shape index (κ3) is 3.17. The van der Waals surface area contributed by atoms with Crippen molar-refractivity contribution in [2.45, 2.75) is 45.6 Å². The van der Waals surface area contributed by atoms with E-state index in [1.807, 2.05) is 0 Å². The number of benzene rings is 1. The van der Waals surface area contributed by atoms with Gasteiger partial charge in [-0.15, -0.1) is 0 Å². The highest BCUT2D eigenvalue weighted by Crippen LogP contribution is 2.18. The highest BCUT2D eigenvalue weighted by atomic mass is 16.2. The summed E-state index contributed by atoms with van der Waals surface area (Å²) in [6.07, 6.45) is 4.15. The molecule has 3 N–H and O–H groups in total. The Balaban J connectivity index is 1.54. The zero-order chi connectivity index (χ0) is 14.8. The molecule has 1 heterocycles. The fourth-order valence-corrected chi connectivity index (χ4v) is 2.52. The third-order valence-electron chi connectivity index (χ3n) is 4.23. The zero-order valence-corrected chi connectivity index (χ0v) is 12.6. The highest BCUT2D eigenvalue weighted by Gasteiger charge is 2.18. The molecule has 1 aromatic heterocycles. The highest BCUT2D eigenvalue weighted by molar-refractivity contribution is 5.77. The topological polar surface area (TPSA) is 69.8 Å². The van der Waals surface area contributed by atoms with E-state index in [1.165, 1.54) is 17.5 Å². The molecule has 0 unspecified atom stereocenters. The Hall–Kier alpha value is -2.04. The molecule has 0 saturated heterocycles. The van der Waals surface area contributed by atoms with Crippen molar-refractivity contribution in [3.05, 3.63) is 29.1 Å². The monoisotopic (exact) mass is 286 g/mol. The lowest BCUT2D eigenvalue weighted by Gasteiger charge is -2.26. The van der Waals surface area contributed by atoms with Gasteiger partial charge in [-0.05, 0) is 56.4 Å². The molecule has 1 fully saturated rings. The van der Waals surface area contributed by atoms with Crippen LogP contribution in [0, 0.1) is 13.8 Å². The Morgan fingerprint density at radius 2 is 2.10 bits per heavy atom. The average molecular weight is 286 g/mol. The summed E-state index contributed by atoms with van der Waals surface area (Å²) in [5.41, 5.74) is 4.56. The fraction of sp³-hybridized carbons (Fsp3) is 0.500. The first kappa shape index (κ1) is 13.9. The van der Waals surface area contributed by atoms with Crippen LogP contribution in [0.4, 0.5) is 4.79 Å². The van der Waals surface area contributed by atoms with E-state index in [4.69, 9.17) is 0 Å². The van der Waals surface area contributed by atoms with Crippen LogP contribution in [0.5, 0.6) is 0 Å². The molecule has 3 rings (SSSR count). The maximum Gasteiger partial charge on any atom is 0.315 e. The van der Waals surface area contributed by atoms with E-state index in [-0.39, 0.29) is 6.03 Å². The van der Waals surface area contributed by atoms with Gasteiger partial charge in [-0.1, -0.05) is 0 Å². The van der Waals surface area contributed by atoms with E-state index in [9.17, 15) is 4.79 Å². The quantitative estimate of drug-likeness (QED) is 0.808. The SMILES string of the molecule is Cc1cc2nc(CCNC(=O)NC3CCC3)[nH]c2cc1C. The predicted molar refractivity (Wildman–Crippen MR) is 83.4 cm³/mol. The van der Waals surface area contributed by atoms with Crippen molar-refractivity contribution in [3.63, 3.8) is 0 Å². The van der Waals surface area contributed by atoms with E-state index in [2.05, 4.69) is 46.6 Å². The molecule has 1 aliphatic rings. The summed E-state index contributed by atoms with van der Waals surface area (Å²) in [5.74, 6) is 0.916. The molecule has 0 spiro atoms. The Kier molecular flexibility index (Phi) is 3.82. The second-order valence-corrected chi connectivity index (χ2v) is 5.92. The number of H-pyrrole nitrogens is 1. The number of hydrogen-bond acceptors (Lipinski definition) is 2. The van der Waals surface area contributed by atoms with Crippen molar-refractivity contribution in [3.8, 4) is 0 Å². The Labute approximate surface area is 124 Å². The van der Waals surface area contributed by atoms with Crippen LogP contribution < -0.4 is 10.6 Å². The first-order valence-corrected chi connectivity index (χ1v) is 7.62. The summed E-state index contributed by atoms with van der Waals surface area (Å²) in [7, 11) is 0. The van der Waals surface area contributed by atoms with Crippen LogP contribution in [-0.2, 0) is 6.42 Å². The number of nitrogens with zero attached hydrogens (tertiary/aromatic N) is 1. The summed E-state index contributed by atoms with van der Waals surface area (Å²) < 4.78 is 0. The van der Waals surface area contributed by atoms with Crippen molar-refractivity contribution < 1.29 is 4.79 Å². The number of aryl methyl sites for hydroxylation is 2. The number of aromatic amines is 1. The summed E-state index contributed by atoms with van der Waals surface area (Å²) in [6.45, 7) is 4.79. The molecule has 1 aromatic carbocycles. The lowest BCUT2D eigenvalue weighted by molar-refractivity contribution is 0.228. The van der Waals surface area contributed by atoms with Crippen LogP contribution in [0.25, 0.3) is 11.0 Å². The average Bonchev–Trinajstić information content (AvgIpc) is 2.76. The van der Waals surface area contributed by atoms with E-state index < -0.39 is 0 Å². The second-order valence-electron chi connectivity index (χ2n) is 5.92. The van der Waals surface area contributed by atoms with Crippen LogP contribution in [-0.4, -0.2) is 28.6 Å². The number of nitrogens with one attached hydrogen (secondary N) is 3.